The summed E-state index contributed by atoms with van der Waals surface area (Å²) in [5.41, 5.74) is 1.51. The number of hydrogen-bond donors (Lipinski definition) is 1. The van der Waals surface area contributed by atoms with Crippen LogP contribution in [0.5, 0.6) is 0 Å². The van der Waals surface area contributed by atoms with Gasteiger partial charge < -0.3 is 10.2 Å². The van der Waals surface area contributed by atoms with Crippen LogP contribution in [0.2, 0.25) is 0 Å². The number of carbonyl (C=O) groups is 1. The number of nitrogens with zero attached hydrogens (tertiary/aromatic N) is 3. The summed E-state index contributed by atoms with van der Waals surface area (Å²) in [6.07, 6.45) is 1.13. The molecule has 0 aliphatic rings. The number of aryl methyl sites for hydroxylation is 1. The van der Waals surface area contributed by atoms with E-state index in [1.807, 2.05) is 13.0 Å². The molecule has 0 aliphatic carbocycles. The summed E-state index contributed by atoms with van der Waals surface area (Å²) in [6.45, 7) is 7.26. The fraction of sp³-hybridized carbons (Fsp3) is 0.562. The molecular formula is C16H24N4O. The lowest BCUT2D eigenvalue weighted by atomic mass is 10.1. The normalized spacial score (nSPS) is 10.3. The minimum atomic E-state index is -0.0347. The SMILES string of the molecule is CCc1cc(C(=O)N(CCC#N)CC(C)C)cc(NC)n1. The van der Waals surface area contributed by atoms with Gasteiger partial charge in [0.1, 0.15) is 5.82 Å². The molecule has 0 unspecified atom stereocenters. The van der Waals surface area contributed by atoms with E-state index in [4.69, 9.17) is 5.26 Å². The lowest BCUT2D eigenvalue weighted by molar-refractivity contribution is 0.0739. The van der Waals surface area contributed by atoms with E-state index < -0.39 is 0 Å². The van der Waals surface area contributed by atoms with Gasteiger partial charge in [-0.15, -0.1) is 0 Å². The van der Waals surface area contributed by atoms with Crippen molar-refractivity contribution in [3.05, 3.63) is 23.4 Å². The molecule has 0 spiro atoms. The van der Waals surface area contributed by atoms with E-state index in [1.165, 1.54) is 0 Å². The maximum atomic E-state index is 12.7. The summed E-state index contributed by atoms with van der Waals surface area (Å²) in [7, 11) is 1.79. The van der Waals surface area contributed by atoms with Gasteiger partial charge >= 0.3 is 0 Å². The fourth-order valence-corrected chi connectivity index (χ4v) is 2.10. The number of anilines is 1. The Bertz CT molecular complexity index is 497. The average Bonchev–Trinajstić information content (AvgIpc) is 2.49. The van der Waals surface area contributed by atoms with Crippen molar-refractivity contribution in [3.8, 4) is 6.07 Å². The molecule has 0 saturated carbocycles. The molecule has 1 aromatic rings. The van der Waals surface area contributed by atoms with Crippen LogP contribution in [0.3, 0.4) is 0 Å². The molecule has 1 N–H and O–H groups in total. The van der Waals surface area contributed by atoms with Crippen molar-refractivity contribution < 1.29 is 4.79 Å². The number of aromatic nitrogens is 1. The predicted octanol–water partition coefficient (Wildman–Crippen LogP) is 2.70. The molecule has 114 valence electrons. The van der Waals surface area contributed by atoms with Gasteiger partial charge in [-0.3, -0.25) is 4.79 Å². The van der Waals surface area contributed by atoms with Crippen LogP contribution in [0, 0.1) is 17.2 Å². The highest BCUT2D eigenvalue weighted by atomic mass is 16.2. The van der Waals surface area contributed by atoms with Crippen molar-refractivity contribution in [1.29, 1.82) is 5.26 Å². The largest absolute Gasteiger partial charge is 0.373 e. The first-order valence-electron chi connectivity index (χ1n) is 7.36. The van der Waals surface area contributed by atoms with Crippen molar-refractivity contribution in [3.63, 3.8) is 0 Å². The highest BCUT2D eigenvalue weighted by Crippen LogP contribution is 2.14. The Labute approximate surface area is 127 Å². The molecule has 0 saturated heterocycles. The van der Waals surface area contributed by atoms with Crippen molar-refractivity contribution in [2.75, 3.05) is 25.5 Å². The third-order valence-electron chi connectivity index (χ3n) is 3.11. The van der Waals surface area contributed by atoms with E-state index in [9.17, 15) is 4.79 Å². The van der Waals surface area contributed by atoms with Gasteiger partial charge in [0.2, 0.25) is 0 Å². The fourth-order valence-electron chi connectivity index (χ4n) is 2.10. The Balaban J connectivity index is 3.04. The van der Waals surface area contributed by atoms with Crippen LogP contribution < -0.4 is 5.32 Å². The summed E-state index contributed by atoms with van der Waals surface area (Å²) < 4.78 is 0. The Morgan fingerprint density at radius 3 is 2.71 bits per heavy atom. The minimum Gasteiger partial charge on any atom is -0.373 e. The zero-order valence-electron chi connectivity index (χ0n) is 13.3. The van der Waals surface area contributed by atoms with Crippen LogP contribution in [-0.4, -0.2) is 35.9 Å². The van der Waals surface area contributed by atoms with Crippen molar-refractivity contribution in [2.45, 2.75) is 33.6 Å². The molecule has 1 amide bonds. The lowest BCUT2D eigenvalue weighted by Crippen LogP contribution is -2.35. The molecular weight excluding hydrogens is 264 g/mol. The van der Waals surface area contributed by atoms with E-state index in [2.05, 4.69) is 30.2 Å². The number of amides is 1. The molecule has 0 aliphatic heterocycles. The van der Waals surface area contributed by atoms with Gasteiger partial charge in [-0.2, -0.15) is 5.26 Å². The first kappa shape index (κ1) is 17.0. The third kappa shape index (κ3) is 5.07. The van der Waals surface area contributed by atoms with Crippen LogP contribution in [-0.2, 0) is 6.42 Å². The van der Waals surface area contributed by atoms with E-state index in [-0.39, 0.29) is 5.91 Å². The summed E-state index contributed by atoms with van der Waals surface area (Å²) in [5, 5.41) is 11.7. The minimum absolute atomic E-state index is 0.0347. The van der Waals surface area contributed by atoms with Crippen molar-refractivity contribution in [1.82, 2.24) is 9.88 Å². The quantitative estimate of drug-likeness (QED) is 0.837. The van der Waals surface area contributed by atoms with E-state index in [1.54, 1.807) is 18.0 Å². The number of pyridine rings is 1. The molecule has 1 aromatic heterocycles. The van der Waals surface area contributed by atoms with Crippen LogP contribution >= 0.6 is 0 Å². The molecule has 0 fully saturated rings. The predicted molar refractivity (Wildman–Crippen MR) is 84.1 cm³/mol. The Kier molecular flexibility index (Phi) is 6.67. The molecule has 0 bridgehead atoms. The summed E-state index contributed by atoms with van der Waals surface area (Å²) in [5.74, 6) is 1.03. The van der Waals surface area contributed by atoms with Crippen LogP contribution in [0.1, 0.15) is 43.2 Å². The summed E-state index contributed by atoms with van der Waals surface area (Å²) >= 11 is 0. The number of hydrogen-bond acceptors (Lipinski definition) is 4. The van der Waals surface area contributed by atoms with Gasteiger partial charge in [-0.25, -0.2) is 4.98 Å². The smallest absolute Gasteiger partial charge is 0.254 e. The third-order valence-corrected chi connectivity index (χ3v) is 3.11. The summed E-state index contributed by atoms with van der Waals surface area (Å²) in [6, 6.07) is 5.71. The molecule has 1 heterocycles. The zero-order valence-corrected chi connectivity index (χ0v) is 13.3. The standard InChI is InChI=1S/C16H24N4O/c1-5-14-9-13(10-15(18-4)19-14)16(21)20(8-6-7-17)11-12(2)3/h9-10,12H,5-6,8,11H2,1-4H3,(H,18,19). The van der Waals surface area contributed by atoms with Crippen LogP contribution in [0.4, 0.5) is 5.82 Å². The second kappa shape index (κ2) is 8.25. The van der Waals surface area contributed by atoms with Gasteiger partial charge in [-0.1, -0.05) is 20.8 Å². The monoisotopic (exact) mass is 288 g/mol. The van der Waals surface area contributed by atoms with Crippen molar-refractivity contribution >= 4 is 11.7 Å². The molecule has 0 atom stereocenters. The molecule has 5 nitrogen and oxygen atoms in total. The summed E-state index contributed by atoms with van der Waals surface area (Å²) in [4.78, 5) is 18.8. The van der Waals surface area contributed by atoms with Gasteiger partial charge in [-0.05, 0) is 24.5 Å². The topological polar surface area (TPSA) is 69.0 Å². The van der Waals surface area contributed by atoms with Gasteiger partial charge in [0.15, 0.2) is 0 Å². The lowest BCUT2D eigenvalue weighted by Gasteiger charge is -2.24. The number of rotatable bonds is 7. The Morgan fingerprint density at radius 1 is 1.48 bits per heavy atom. The van der Waals surface area contributed by atoms with E-state index >= 15 is 0 Å². The van der Waals surface area contributed by atoms with Crippen LogP contribution in [0.25, 0.3) is 0 Å². The first-order chi connectivity index (χ1) is 10.0. The second-order valence-corrected chi connectivity index (χ2v) is 5.39. The van der Waals surface area contributed by atoms with Gasteiger partial charge in [0, 0.05) is 31.4 Å². The van der Waals surface area contributed by atoms with E-state index in [0.717, 1.165) is 12.1 Å². The molecule has 5 heteroatoms. The molecule has 0 aromatic carbocycles. The maximum Gasteiger partial charge on any atom is 0.254 e. The van der Waals surface area contributed by atoms with Gasteiger partial charge in [0.05, 0.1) is 12.5 Å². The highest BCUT2D eigenvalue weighted by Gasteiger charge is 2.18. The van der Waals surface area contributed by atoms with E-state index in [0.29, 0.717) is 36.8 Å². The second-order valence-electron chi connectivity index (χ2n) is 5.39. The maximum absolute atomic E-state index is 12.7. The zero-order chi connectivity index (χ0) is 15.8. The average molecular weight is 288 g/mol. The van der Waals surface area contributed by atoms with Crippen molar-refractivity contribution in [2.24, 2.45) is 5.92 Å². The molecule has 1 rings (SSSR count). The molecule has 0 radical (unpaired) electrons. The highest BCUT2D eigenvalue weighted by molar-refractivity contribution is 5.95. The number of carbonyl (C=O) groups excluding carboxylic acids is 1. The molecule has 21 heavy (non-hydrogen) atoms. The first-order valence-corrected chi connectivity index (χ1v) is 7.36. The van der Waals surface area contributed by atoms with Gasteiger partial charge in [0.25, 0.3) is 5.91 Å². The number of nitrogens with one attached hydrogen (secondary N) is 1. The Morgan fingerprint density at radius 2 is 2.19 bits per heavy atom. The number of nitriles is 1. The Hall–Kier alpha value is -2.09. The van der Waals surface area contributed by atoms with Crippen LogP contribution in [0.15, 0.2) is 12.1 Å².